The van der Waals surface area contributed by atoms with Crippen LogP contribution < -0.4 is 10.2 Å². The molecule has 0 atom stereocenters. The first kappa shape index (κ1) is 20.6. The quantitative estimate of drug-likeness (QED) is 0.640. The van der Waals surface area contributed by atoms with E-state index in [1.807, 2.05) is 4.90 Å². The summed E-state index contributed by atoms with van der Waals surface area (Å²) in [5.74, 6) is 0.614. The molecule has 4 heterocycles. The summed E-state index contributed by atoms with van der Waals surface area (Å²) in [6, 6.07) is 4.37. The van der Waals surface area contributed by atoms with Crippen LogP contribution in [0.15, 0.2) is 43.1 Å². The Hall–Kier alpha value is -3.25. The van der Waals surface area contributed by atoms with E-state index in [1.54, 1.807) is 6.07 Å². The van der Waals surface area contributed by atoms with Gasteiger partial charge in [0, 0.05) is 49.9 Å². The highest BCUT2D eigenvalue weighted by Crippen LogP contribution is 2.35. The van der Waals surface area contributed by atoms with Gasteiger partial charge in [-0.3, -0.25) is 9.88 Å². The molecule has 1 aromatic carbocycles. The maximum Gasteiger partial charge on any atom is 0.416 e. The molecule has 0 aliphatic carbocycles. The molecule has 0 unspecified atom stereocenters. The molecule has 32 heavy (non-hydrogen) atoms. The van der Waals surface area contributed by atoms with Crippen molar-refractivity contribution in [2.75, 3.05) is 49.6 Å². The molecule has 1 N–H and O–H groups in total. The minimum absolute atomic E-state index is 0.163. The van der Waals surface area contributed by atoms with Crippen LogP contribution >= 0.6 is 0 Å². The van der Waals surface area contributed by atoms with Crippen molar-refractivity contribution in [3.63, 3.8) is 0 Å². The summed E-state index contributed by atoms with van der Waals surface area (Å²) in [4.78, 5) is 16.5. The summed E-state index contributed by atoms with van der Waals surface area (Å²) in [7, 11) is 0. The average molecular weight is 446 g/mol. The lowest BCUT2D eigenvalue weighted by molar-refractivity contribution is -0.137. The van der Waals surface area contributed by atoms with Crippen LogP contribution in [0.3, 0.4) is 0 Å². The molecule has 168 valence electrons. The molecule has 0 radical (unpaired) electrons. The minimum atomic E-state index is -4.47. The van der Waals surface area contributed by atoms with Crippen molar-refractivity contribution in [2.45, 2.75) is 12.2 Å². The number of benzene rings is 1. The van der Waals surface area contributed by atoms with E-state index in [1.165, 1.54) is 35.7 Å². The summed E-state index contributed by atoms with van der Waals surface area (Å²) in [6.07, 6.45) is 1.51. The van der Waals surface area contributed by atoms with Gasteiger partial charge in [0.1, 0.15) is 6.33 Å². The Morgan fingerprint density at radius 1 is 1.00 bits per heavy atom. The zero-order chi connectivity index (χ0) is 22.1. The molecular weight excluding hydrogens is 425 g/mol. The number of anilines is 3. The number of hydrogen-bond acceptors (Lipinski definition) is 8. The molecule has 2 fully saturated rings. The van der Waals surface area contributed by atoms with Crippen LogP contribution in [0.5, 0.6) is 0 Å². The fourth-order valence-corrected chi connectivity index (χ4v) is 3.78. The van der Waals surface area contributed by atoms with E-state index in [4.69, 9.17) is 4.74 Å². The fraction of sp³-hybridized carbons (Fsp3) is 0.400. The zero-order valence-electron chi connectivity index (χ0n) is 17.0. The monoisotopic (exact) mass is 446 g/mol. The number of alkyl halides is 3. The van der Waals surface area contributed by atoms with Gasteiger partial charge in [-0.2, -0.15) is 22.8 Å². The van der Waals surface area contributed by atoms with Crippen molar-refractivity contribution in [3.8, 4) is 5.82 Å². The van der Waals surface area contributed by atoms with Gasteiger partial charge >= 0.3 is 6.18 Å². The standard InChI is InChI=1S/C20H21F3N8O/c21-20(22,23)14-7-15(27-19-26-13-31(28-19)18-10-24-1-2-25-18)9-16(8-14)29-3-5-30(6-4-29)17-11-32-12-17/h1-2,7-10,13,17H,3-6,11-12H2,(H,27,28). The van der Waals surface area contributed by atoms with Crippen molar-refractivity contribution < 1.29 is 17.9 Å². The summed E-state index contributed by atoms with van der Waals surface area (Å²) in [5, 5.41) is 7.12. The maximum absolute atomic E-state index is 13.6. The molecule has 2 aliphatic rings. The third-order valence-electron chi connectivity index (χ3n) is 5.59. The molecule has 2 aromatic heterocycles. The highest BCUT2D eigenvalue weighted by molar-refractivity contribution is 5.64. The Morgan fingerprint density at radius 3 is 2.47 bits per heavy atom. The minimum Gasteiger partial charge on any atom is -0.378 e. The van der Waals surface area contributed by atoms with E-state index in [-0.39, 0.29) is 11.6 Å². The first-order valence-electron chi connectivity index (χ1n) is 10.2. The number of nitrogens with zero attached hydrogens (tertiary/aromatic N) is 7. The second-order valence-electron chi connectivity index (χ2n) is 7.68. The van der Waals surface area contributed by atoms with Crippen LogP contribution in [-0.2, 0) is 10.9 Å². The Morgan fingerprint density at radius 2 is 1.81 bits per heavy atom. The predicted octanol–water partition coefficient (Wildman–Crippen LogP) is 2.34. The lowest BCUT2D eigenvalue weighted by Crippen LogP contribution is -2.56. The zero-order valence-corrected chi connectivity index (χ0v) is 17.0. The van der Waals surface area contributed by atoms with Gasteiger partial charge in [0.25, 0.3) is 0 Å². The van der Waals surface area contributed by atoms with E-state index in [0.717, 1.165) is 32.4 Å². The van der Waals surface area contributed by atoms with E-state index >= 15 is 0 Å². The predicted molar refractivity (Wildman–Crippen MR) is 110 cm³/mol. The number of halogens is 3. The summed E-state index contributed by atoms with van der Waals surface area (Å²) >= 11 is 0. The largest absolute Gasteiger partial charge is 0.416 e. The number of nitrogens with one attached hydrogen (secondary N) is 1. The number of aromatic nitrogens is 5. The number of piperazine rings is 1. The fourth-order valence-electron chi connectivity index (χ4n) is 3.78. The highest BCUT2D eigenvalue weighted by Gasteiger charge is 2.33. The van der Waals surface area contributed by atoms with Gasteiger partial charge in [0.05, 0.1) is 31.0 Å². The highest BCUT2D eigenvalue weighted by atomic mass is 19.4. The van der Waals surface area contributed by atoms with Crippen LogP contribution in [-0.4, -0.2) is 75.1 Å². The lowest BCUT2D eigenvalue weighted by atomic mass is 10.1. The van der Waals surface area contributed by atoms with Crippen LogP contribution in [0.1, 0.15) is 5.56 Å². The van der Waals surface area contributed by atoms with E-state index < -0.39 is 11.7 Å². The molecule has 12 heteroatoms. The third-order valence-corrected chi connectivity index (χ3v) is 5.59. The molecule has 2 aliphatic heterocycles. The Balaban J connectivity index is 1.36. The molecule has 0 spiro atoms. The van der Waals surface area contributed by atoms with E-state index in [2.05, 4.69) is 30.3 Å². The van der Waals surface area contributed by atoms with Crippen molar-refractivity contribution in [1.29, 1.82) is 0 Å². The van der Waals surface area contributed by atoms with E-state index in [0.29, 0.717) is 30.6 Å². The van der Waals surface area contributed by atoms with Gasteiger partial charge in [-0.15, -0.1) is 5.10 Å². The van der Waals surface area contributed by atoms with Crippen molar-refractivity contribution in [3.05, 3.63) is 48.7 Å². The molecular formula is C20H21F3N8O. The molecule has 0 amide bonds. The Labute approximate surface area is 181 Å². The normalized spacial score (nSPS) is 17.9. The van der Waals surface area contributed by atoms with Crippen LogP contribution in [0.2, 0.25) is 0 Å². The summed E-state index contributed by atoms with van der Waals surface area (Å²) in [5.41, 5.74) is 0.0578. The number of rotatable bonds is 5. The summed E-state index contributed by atoms with van der Waals surface area (Å²) < 4.78 is 47.4. The second-order valence-corrected chi connectivity index (χ2v) is 7.68. The number of hydrogen-bond donors (Lipinski definition) is 1. The van der Waals surface area contributed by atoms with Crippen molar-refractivity contribution in [2.24, 2.45) is 0 Å². The third kappa shape index (κ3) is 4.36. The SMILES string of the molecule is FC(F)(F)c1cc(Nc2ncn(-c3cnccn3)n2)cc(N2CCN(C3COC3)CC2)c1. The van der Waals surface area contributed by atoms with Crippen molar-refractivity contribution in [1.82, 2.24) is 29.6 Å². The molecule has 5 rings (SSSR count). The van der Waals surface area contributed by atoms with Gasteiger partial charge in [-0.05, 0) is 18.2 Å². The molecule has 3 aromatic rings. The maximum atomic E-state index is 13.6. The van der Waals surface area contributed by atoms with E-state index in [9.17, 15) is 13.2 Å². The van der Waals surface area contributed by atoms with Crippen LogP contribution in [0.25, 0.3) is 5.82 Å². The topological polar surface area (TPSA) is 84.2 Å². The van der Waals surface area contributed by atoms with Crippen molar-refractivity contribution >= 4 is 17.3 Å². The molecule has 0 bridgehead atoms. The average Bonchev–Trinajstić information content (AvgIpc) is 3.21. The Kier molecular flexibility index (Phi) is 5.39. The number of ether oxygens (including phenoxy) is 1. The van der Waals surface area contributed by atoms with Crippen LogP contribution in [0.4, 0.5) is 30.5 Å². The molecule has 9 nitrogen and oxygen atoms in total. The second kappa shape index (κ2) is 8.36. The van der Waals surface area contributed by atoms with Gasteiger partial charge in [-0.1, -0.05) is 0 Å². The van der Waals surface area contributed by atoms with Crippen LogP contribution in [0, 0.1) is 0 Å². The molecule has 0 saturated carbocycles. The smallest absolute Gasteiger partial charge is 0.378 e. The van der Waals surface area contributed by atoms with Gasteiger partial charge in [-0.25, -0.2) is 4.98 Å². The summed E-state index contributed by atoms with van der Waals surface area (Å²) in [6.45, 7) is 4.33. The first-order chi connectivity index (χ1) is 15.5. The first-order valence-corrected chi connectivity index (χ1v) is 10.2. The molecule has 2 saturated heterocycles. The lowest BCUT2D eigenvalue weighted by Gasteiger charge is -2.43. The van der Waals surface area contributed by atoms with Gasteiger partial charge in [0.2, 0.25) is 5.95 Å². The van der Waals surface area contributed by atoms with Gasteiger partial charge in [0.15, 0.2) is 5.82 Å². The van der Waals surface area contributed by atoms with Gasteiger partial charge < -0.3 is 15.0 Å². The Bertz CT molecular complexity index is 1060.